The summed E-state index contributed by atoms with van der Waals surface area (Å²) in [4.78, 5) is 21.2. The molecular formula is C26H28N6O2Si. The third-order valence-corrected chi connectivity index (χ3v) is 7.94. The number of fused-ring (bicyclic) bond motifs is 2. The second-order valence-corrected chi connectivity index (χ2v) is 15.6. The minimum Gasteiger partial charge on any atom is -0.360 e. The number of pyridine rings is 1. The number of benzene rings is 2. The van der Waals surface area contributed by atoms with E-state index in [0.29, 0.717) is 30.2 Å². The van der Waals surface area contributed by atoms with Crippen molar-refractivity contribution in [1.29, 1.82) is 5.26 Å². The summed E-state index contributed by atoms with van der Waals surface area (Å²) in [5, 5.41) is 17.4. The van der Waals surface area contributed by atoms with E-state index < -0.39 is 14.1 Å². The Morgan fingerprint density at radius 3 is 2.69 bits per heavy atom. The minimum absolute atomic E-state index is 0.247. The number of anilines is 2. The average Bonchev–Trinajstić information content (AvgIpc) is 3.41. The van der Waals surface area contributed by atoms with Gasteiger partial charge in [-0.15, -0.1) is 0 Å². The van der Waals surface area contributed by atoms with E-state index in [-0.39, 0.29) is 12.6 Å². The minimum atomic E-state index is -1.16. The molecule has 1 aliphatic heterocycles. The van der Waals surface area contributed by atoms with Gasteiger partial charge in [0.1, 0.15) is 18.3 Å². The van der Waals surface area contributed by atoms with Crippen molar-refractivity contribution in [3.63, 3.8) is 0 Å². The Labute approximate surface area is 205 Å². The van der Waals surface area contributed by atoms with Crippen molar-refractivity contribution < 1.29 is 9.53 Å². The summed E-state index contributed by atoms with van der Waals surface area (Å²) in [7, 11) is -1.16. The molecule has 2 aromatic carbocycles. The molecule has 4 aromatic rings. The molecule has 1 fully saturated rings. The number of hydrogen-bond donors (Lipinski definition) is 0. The standard InChI is InChI=1S/C26H28N6O2Si/c1-35(2,3)12-11-34-18-30-16-20-8-6-10-23(25(20)29-30)31-17-21(13-27)32(26(31)33)24-15-28-14-19-7-4-5-9-22(19)24/h4-10,14-16,21H,11-12,17-18H2,1-3H3. The molecule has 0 N–H and O–H groups in total. The molecule has 5 rings (SSSR count). The second-order valence-electron chi connectivity index (χ2n) is 10.0. The Balaban J connectivity index is 1.44. The summed E-state index contributed by atoms with van der Waals surface area (Å²) in [6, 6.07) is 16.0. The van der Waals surface area contributed by atoms with Crippen LogP contribution in [0, 0.1) is 11.3 Å². The highest BCUT2D eigenvalue weighted by Crippen LogP contribution is 2.35. The summed E-state index contributed by atoms with van der Waals surface area (Å²) < 4.78 is 7.63. The third-order valence-electron chi connectivity index (χ3n) is 6.23. The lowest BCUT2D eigenvalue weighted by Crippen LogP contribution is -2.34. The quantitative estimate of drug-likeness (QED) is 0.265. The van der Waals surface area contributed by atoms with Gasteiger partial charge in [-0.3, -0.25) is 14.8 Å². The molecule has 178 valence electrons. The number of nitriles is 1. The Hall–Kier alpha value is -3.74. The van der Waals surface area contributed by atoms with Gasteiger partial charge >= 0.3 is 6.03 Å². The Kier molecular flexibility index (Phi) is 6.01. The van der Waals surface area contributed by atoms with Crippen LogP contribution >= 0.6 is 0 Å². The van der Waals surface area contributed by atoms with Crippen LogP contribution in [0.5, 0.6) is 0 Å². The Morgan fingerprint density at radius 1 is 1.09 bits per heavy atom. The lowest BCUT2D eigenvalue weighted by atomic mass is 10.1. The third kappa shape index (κ3) is 4.50. The molecule has 0 saturated carbocycles. The van der Waals surface area contributed by atoms with Gasteiger partial charge < -0.3 is 4.74 Å². The number of urea groups is 1. The summed E-state index contributed by atoms with van der Waals surface area (Å²) in [5.41, 5.74) is 2.03. The molecule has 3 heterocycles. The van der Waals surface area contributed by atoms with Crippen LogP contribution in [0.1, 0.15) is 0 Å². The van der Waals surface area contributed by atoms with Gasteiger partial charge in [0.05, 0.1) is 30.2 Å². The molecule has 0 spiro atoms. The normalized spacial score (nSPS) is 16.4. The number of rotatable bonds is 7. The van der Waals surface area contributed by atoms with Crippen LogP contribution in [0.15, 0.2) is 61.1 Å². The molecule has 1 unspecified atom stereocenters. The van der Waals surface area contributed by atoms with E-state index in [4.69, 9.17) is 9.84 Å². The lowest BCUT2D eigenvalue weighted by molar-refractivity contribution is 0.0791. The first-order chi connectivity index (χ1) is 16.9. The fourth-order valence-electron chi connectivity index (χ4n) is 4.36. The van der Waals surface area contributed by atoms with Crippen molar-refractivity contribution in [2.45, 2.75) is 38.5 Å². The van der Waals surface area contributed by atoms with Crippen molar-refractivity contribution in [3.8, 4) is 6.07 Å². The zero-order valence-electron chi connectivity index (χ0n) is 20.2. The molecule has 0 bridgehead atoms. The van der Waals surface area contributed by atoms with Crippen LogP contribution < -0.4 is 9.80 Å². The topological polar surface area (TPSA) is 87.3 Å². The molecule has 1 atom stereocenters. The van der Waals surface area contributed by atoms with E-state index in [0.717, 1.165) is 22.2 Å². The van der Waals surface area contributed by atoms with Gasteiger partial charge in [-0.05, 0) is 12.1 Å². The van der Waals surface area contributed by atoms with Gasteiger partial charge in [-0.1, -0.05) is 56.0 Å². The molecular weight excluding hydrogens is 456 g/mol. The SMILES string of the molecule is C[Si](C)(C)CCOCn1cc2cccc(N3CC(C#N)N(c4cncc5ccccc45)C3=O)c2n1. The van der Waals surface area contributed by atoms with Crippen molar-refractivity contribution in [2.24, 2.45) is 0 Å². The molecule has 2 amide bonds. The predicted octanol–water partition coefficient (Wildman–Crippen LogP) is 5.24. The monoisotopic (exact) mass is 484 g/mol. The number of carbonyl (C=O) groups is 1. The van der Waals surface area contributed by atoms with Crippen LogP contribution in [-0.2, 0) is 11.5 Å². The number of aromatic nitrogens is 3. The van der Waals surface area contributed by atoms with E-state index in [1.807, 2.05) is 48.7 Å². The number of amides is 2. The predicted molar refractivity (Wildman–Crippen MR) is 140 cm³/mol. The summed E-state index contributed by atoms with van der Waals surface area (Å²) in [6.07, 6.45) is 5.35. The van der Waals surface area contributed by atoms with E-state index in [2.05, 4.69) is 30.7 Å². The van der Waals surface area contributed by atoms with E-state index in [1.54, 1.807) is 26.9 Å². The first kappa shape index (κ1) is 23.0. The van der Waals surface area contributed by atoms with Crippen LogP contribution in [0.3, 0.4) is 0 Å². The Bertz CT molecular complexity index is 1430. The lowest BCUT2D eigenvalue weighted by Gasteiger charge is -2.21. The van der Waals surface area contributed by atoms with Gasteiger partial charge in [0.15, 0.2) is 0 Å². The smallest absolute Gasteiger partial charge is 0.330 e. The Morgan fingerprint density at radius 2 is 1.89 bits per heavy atom. The van der Waals surface area contributed by atoms with E-state index in [1.165, 1.54) is 0 Å². The van der Waals surface area contributed by atoms with Crippen LogP contribution in [0.25, 0.3) is 21.7 Å². The molecule has 2 aromatic heterocycles. The molecule has 1 saturated heterocycles. The fourth-order valence-corrected chi connectivity index (χ4v) is 5.12. The highest BCUT2D eigenvalue weighted by molar-refractivity contribution is 6.76. The summed E-state index contributed by atoms with van der Waals surface area (Å²) in [6.45, 7) is 8.29. The molecule has 8 nitrogen and oxygen atoms in total. The van der Waals surface area contributed by atoms with E-state index in [9.17, 15) is 10.1 Å². The number of ether oxygens (including phenoxy) is 1. The van der Waals surface area contributed by atoms with Gasteiger partial charge in [0.25, 0.3) is 0 Å². The maximum absolute atomic E-state index is 13.7. The second kappa shape index (κ2) is 9.13. The maximum Gasteiger partial charge on any atom is 0.330 e. The molecule has 9 heteroatoms. The summed E-state index contributed by atoms with van der Waals surface area (Å²) in [5.74, 6) is 0. The van der Waals surface area contributed by atoms with Crippen LogP contribution in [0.2, 0.25) is 25.7 Å². The number of carbonyl (C=O) groups excluding carboxylic acids is 1. The van der Waals surface area contributed by atoms with Gasteiger partial charge in [0.2, 0.25) is 0 Å². The molecule has 35 heavy (non-hydrogen) atoms. The summed E-state index contributed by atoms with van der Waals surface area (Å²) >= 11 is 0. The fraction of sp³-hybridized carbons (Fsp3) is 0.308. The van der Waals surface area contributed by atoms with Gasteiger partial charge in [0, 0.05) is 43.2 Å². The van der Waals surface area contributed by atoms with Crippen molar-refractivity contribution >= 4 is 47.2 Å². The van der Waals surface area contributed by atoms with Crippen LogP contribution in [-0.4, -0.2) is 48.1 Å². The largest absolute Gasteiger partial charge is 0.360 e. The van der Waals surface area contributed by atoms with Crippen molar-refractivity contribution in [1.82, 2.24) is 14.8 Å². The number of hydrogen-bond acceptors (Lipinski definition) is 5. The zero-order valence-corrected chi connectivity index (χ0v) is 21.2. The van der Waals surface area contributed by atoms with Crippen molar-refractivity contribution in [3.05, 3.63) is 61.1 Å². The molecule has 1 aliphatic rings. The maximum atomic E-state index is 13.7. The van der Waals surface area contributed by atoms with Crippen LogP contribution in [0.4, 0.5) is 16.2 Å². The van der Waals surface area contributed by atoms with Gasteiger partial charge in [-0.25, -0.2) is 9.48 Å². The zero-order chi connectivity index (χ0) is 24.6. The first-order valence-corrected chi connectivity index (χ1v) is 15.4. The van der Waals surface area contributed by atoms with E-state index >= 15 is 0 Å². The van der Waals surface area contributed by atoms with Gasteiger partial charge in [-0.2, -0.15) is 10.4 Å². The average molecular weight is 485 g/mol. The van der Waals surface area contributed by atoms with Crippen molar-refractivity contribution in [2.75, 3.05) is 23.0 Å². The first-order valence-electron chi connectivity index (χ1n) is 11.7. The molecule has 0 aliphatic carbocycles. The number of nitrogens with zero attached hydrogens (tertiary/aromatic N) is 6. The molecule has 0 radical (unpaired) electrons. The highest BCUT2D eigenvalue weighted by Gasteiger charge is 2.41. The highest BCUT2D eigenvalue weighted by atomic mass is 28.3.